The monoisotopic (exact) mass is 361 g/mol. The van der Waals surface area contributed by atoms with Crippen LogP contribution in [-0.4, -0.2) is 17.6 Å². The number of carbonyl (C=O) groups is 1. The molecule has 3 aromatic rings. The van der Waals surface area contributed by atoms with Crippen LogP contribution in [0, 0.1) is 0 Å². The molecular weight excluding hydrogens is 347 g/mol. The van der Waals surface area contributed by atoms with Crippen LogP contribution in [0.2, 0.25) is 0 Å². The molecule has 0 saturated heterocycles. The highest BCUT2D eigenvalue weighted by Crippen LogP contribution is 2.38. The first-order valence-electron chi connectivity index (χ1n) is 7.81. The van der Waals surface area contributed by atoms with Gasteiger partial charge in [0.2, 0.25) is 5.89 Å². The molecule has 4 nitrogen and oxygen atoms in total. The zero-order valence-corrected chi connectivity index (χ0v) is 13.7. The average molecular weight is 361 g/mol. The third-order valence-corrected chi connectivity index (χ3v) is 3.59. The molecule has 0 bridgehead atoms. The Morgan fingerprint density at radius 3 is 2.38 bits per heavy atom. The van der Waals surface area contributed by atoms with E-state index >= 15 is 0 Å². The van der Waals surface area contributed by atoms with Gasteiger partial charge in [-0.2, -0.15) is 13.2 Å². The summed E-state index contributed by atoms with van der Waals surface area (Å²) >= 11 is 0. The SMILES string of the molecule is CCOC(=O)c1nc(-c2ccccc2C(F)(F)F)oc1-c1ccccc1. The zero-order chi connectivity index (χ0) is 18.7. The second kappa shape index (κ2) is 7.03. The Hall–Kier alpha value is -3.09. The van der Waals surface area contributed by atoms with E-state index in [1.807, 2.05) is 0 Å². The molecule has 2 aromatic carbocycles. The van der Waals surface area contributed by atoms with Gasteiger partial charge in [0.15, 0.2) is 11.5 Å². The molecule has 0 fully saturated rings. The van der Waals surface area contributed by atoms with Crippen molar-refractivity contribution in [3.63, 3.8) is 0 Å². The molecule has 26 heavy (non-hydrogen) atoms. The fraction of sp³-hybridized carbons (Fsp3) is 0.158. The Bertz CT molecular complexity index is 917. The van der Waals surface area contributed by atoms with Gasteiger partial charge in [-0.25, -0.2) is 9.78 Å². The van der Waals surface area contributed by atoms with Crippen molar-refractivity contribution in [2.24, 2.45) is 0 Å². The van der Waals surface area contributed by atoms with Crippen LogP contribution in [0.5, 0.6) is 0 Å². The summed E-state index contributed by atoms with van der Waals surface area (Å²) in [5.74, 6) is -0.985. The van der Waals surface area contributed by atoms with Gasteiger partial charge < -0.3 is 9.15 Å². The van der Waals surface area contributed by atoms with Crippen LogP contribution in [0.1, 0.15) is 23.0 Å². The van der Waals surface area contributed by atoms with Crippen LogP contribution in [0.3, 0.4) is 0 Å². The van der Waals surface area contributed by atoms with Crippen LogP contribution >= 0.6 is 0 Å². The highest BCUT2D eigenvalue weighted by Gasteiger charge is 2.35. The van der Waals surface area contributed by atoms with Crippen molar-refractivity contribution >= 4 is 5.97 Å². The van der Waals surface area contributed by atoms with E-state index < -0.39 is 17.7 Å². The fourth-order valence-electron chi connectivity index (χ4n) is 2.48. The molecule has 0 aliphatic heterocycles. The number of hydrogen-bond donors (Lipinski definition) is 0. The van der Waals surface area contributed by atoms with E-state index in [4.69, 9.17) is 9.15 Å². The molecule has 3 rings (SSSR count). The first-order valence-corrected chi connectivity index (χ1v) is 7.81. The molecule has 0 saturated carbocycles. The highest BCUT2D eigenvalue weighted by atomic mass is 19.4. The van der Waals surface area contributed by atoms with Gasteiger partial charge in [0, 0.05) is 11.1 Å². The Balaban J connectivity index is 2.18. The van der Waals surface area contributed by atoms with E-state index in [-0.39, 0.29) is 29.5 Å². The largest absolute Gasteiger partial charge is 0.461 e. The second-order valence-corrected chi connectivity index (χ2v) is 5.33. The molecule has 0 radical (unpaired) electrons. The van der Waals surface area contributed by atoms with E-state index in [0.717, 1.165) is 6.07 Å². The minimum Gasteiger partial charge on any atom is -0.461 e. The lowest BCUT2D eigenvalue weighted by molar-refractivity contribution is -0.137. The van der Waals surface area contributed by atoms with Gasteiger partial charge in [-0.3, -0.25) is 0 Å². The van der Waals surface area contributed by atoms with Crippen molar-refractivity contribution in [2.75, 3.05) is 6.61 Å². The molecule has 1 aromatic heterocycles. The predicted molar refractivity (Wildman–Crippen MR) is 88.3 cm³/mol. The molecule has 7 heteroatoms. The maximum absolute atomic E-state index is 13.3. The van der Waals surface area contributed by atoms with Crippen molar-refractivity contribution in [3.8, 4) is 22.8 Å². The molecular formula is C19H14F3NO3. The summed E-state index contributed by atoms with van der Waals surface area (Å²) in [5.41, 5.74) is -0.784. The summed E-state index contributed by atoms with van der Waals surface area (Å²) in [6, 6.07) is 13.5. The van der Waals surface area contributed by atoms with Gasteiger partial charge in [0.1, 0.15) is 0 Å². The highest BCUT2D eigenvalue weighted by molar-refractivity contribution is 5.94. The van der Waals surface area contributed by atoms with Crippen molar-refractivity contribution in [3.05, 3.63) is 65.9 Å². The molecule has 0 spiro atoms. The van der Waals surface area contributed by atoms with Crippen molar-refractivity contribution in [1.82, 2.24) is 4.98 Å². The van der Waals surface area contributed by atoms with Gasteiger partial charge in [-0.1, -0.05) is 42.5 Å². The smallest absolute Gasteiger partial charge is 0.417 e. The first kappa shape index (κ1) is 17.7. The third-order valence-electron chi connectivity index (χ3n) is 3.59. The molecule has 0 aliphatic rings. The number of esters is 1. The Morgan fingerprint density at radius 2 is 1.73 bits per heavy atom. The standard InChI is InChI=1S/C19H14F3NO3/c1-2-25-18(24)15-16(12-8-4-3-5-9-12)26-17(23-15)13-10-6-7-11-14(13)19(20,21)22/h3-11H,2H2,1H3. The molecule has 0 N–H and O–H groups in total. The number of aromatic nitrogens is 1. The summed E-state index contributed by atoms with van der Waals surface area (Å²) in [6.45, 7) is 1.73. The van der Waals surface area contributed by atoms with Gasteiger partial charge in [0.05, 0.1) is 12.2 Å². The van der Waals surface area contributed by atoms with E-state index in [1.165, 1.54) is 18.2 Å². The van der Waals surface area contributed by atoms with Crippen molar-refractivity contribution in [1.29, 1.82) is 0 Å². The summed E-state index contributed by atoms with van der Waals surface area (Å²) in [6.07, 6.45) is -4.58. The topological polar surface area (TPSA) is 52.3 Å². The first-order chi connectivity index (χ1) is 12.4. The summed E-state index contributed by atoms with van der Waals surface area (Å²) < 4.78 is 50.4. The normalized spacial score (nSPS) is 11.4. The number of alkyl halides is 3. The van der Waals surface area contributed by atoms with Crippen LogP contribution in [0.15, 0.2) is 59.0 Å². The number of halogens is 3. The zero-order valence-electron chi connectivity index (χ0n) is 13.7. The minimum absolute atomic E-state index is 0.0658. The lowest BCUT2D eigenvalue weighted by Gasteiger charge is -2.09. The second-order valence-electron chi connectivity index (χ2n) is 5.33. The maximum Gasteiger partial charge on any atom is 0.417 e. The van der Waals surface area contributed by atoms with Crippen LogP contribution in [0.25, 0.3) is 22.8 Å². The quantitative estimate of drug-likeness (QED) is 0.599. The van der Waals surface area contributed by atoms with Gasteiger partial charge in [-0.05, 0) is 19.1 Å². The number of carbonyl (C=O) groups excluding carboxylic acids is 1. The van der Waals surface area contributed by atoms with Crippen LogP contribution in [0.4, 0.5) is 13.2 Å². The minimum atomic E-state index is -4.58. The molecule has 0 unspecified atom stereocenters. The molecule has 1 heterocycles. The Morgan fingerprint density at radius 1 is 1.08 bits per heavy atom. The molecule has 0 amide bonds. The summed E-state index contributed by atoms with van der Waals surface area (Å²) in [4.78, 5) is 16.2. The predicted octanol–water partition coefficient (Wildman–Crippen LogP) is 5.20. The molecule has 0 aliphatic carbocycles. The average Bonchev–Trinajstić information content (AvgIpc) is 3.07. The van der Waals surface area contributed by atoms with Crippen LogP contribution < -0.4 is 0 Å². The lowest BCUT2D eigenvalue weighted by atomic mass is 10.1. The van der Waals surface area contributed by atoms with E-state index in [0.29, 0.717) is 5.56 Å². The maximum atomic E-state index is 13.3. The van der Waals surface area contributed by atoms with E-state index in [9.17, 15) is 18.0 Å². The van der Waals surface area contributed by atoms with Gasteiger partial charge >= 0.3 is 12.1 Å². The number of hydrogen-bond acceptors (Lipinski definition) is 4. The van der Waals surface area contributed by atoms with Crippen molar-refractivity contribution < 1.29 is 27.1 Å². The number of ether oxygens (including phenoxy) is 1. The summed E-state index contributed by atoms with van der Waals surface area (Å²) in [5, 5.41) is 0. The number of rotatable bonds is 4. The van der Waals surface area contributed by atoms with Gasteiger partial charge in [0.25, 0.3) is 0 Å². The molecule has 0 atom stereocenters. The van der Waals surface area contributed by atoms with Gasteiger partial charge in [-0.15, -0.1) is 0 Å². The number of oxazole rings is 1. The Labute approximate surface area is 147 Å². The number of benzene rings is 2. The number of nitrogens with zero attached hydrogens (tertiary/aromatic N) is 1. The summed E-state index contributed by atoms with van der Waals surface area (Å²) in [7, 11) is 0. The van der Waals surface area contributed by atoms with Crippen molar-refractivity contribution in [2.45, 2.75) is 13.1 Å². The molecule has 134 valence electrons. The lowest BCUT2D eigenvalue weighted by Crippen LogP contribution is -2.08. The fourth-order valence-corrected chi connectivity index (χ4v) is 2.48. The van der Waals surface area contributed by atoms with E-state index in [1.54, 1.807) is 37.3 Å². The Kier molecular flexibility index (Phi) is 4.79. The van der Waals surface area contributed by atoms with Crippen LogP contribution in [-0.2, 0) is 10.9 Å². The van der Waals surface area contributed by atoms with E-state index in [2.05, 4.69) is 4.98 Å². The third kappa shape index (κ3) is 3.46.